The second kappa shape index (κ2) is 8.73. The summed E-state index contributed by atoms with van der Waals surface area (Å²) in [4.78, 5) is 45.8. The zero-order valence-corrected chi connectivity index (χ0v) is 18.9. The van der Waals surface area contributed by atoms with Crippen molar-refractivity contribution in [1.29, 1.82) is 0 Å². The zero-order chi connectivity index (χ0) is 24.7. The van der Waals surface area contributed by atoms with Crippen molar-refractivity contribution >= 4 is 28.9 Å². The molecule has 10 nitrogen and oxygen atoms in total. The van der Waals surface area contributed by atoms with Gasteiger partial charge in [-0.1, -0.05) is 36.4 Å². The van der Waals surface area contributed by atoms with E-state index in [0.717, 1.165) is 4.90 Å². The molecule has 10 heteroatoms. The second-order valence-corrected chi connectivity index (χ2v) is 8.03. The molecule has 5 rings (SSSR count). The summed E-state index contributed by atoms with van der Waals surface area (Å²) < 4.78 is 10.6. The number of hydrogen-bond donors (Lipinski definition) is 0. The molecule has 0 spiro atoms. The van der Waals surface area contributed by atoms with Crippen LogP contribution >= 0.6 is 0 Å². The van der Waals surface area contributed by atoms with Crippen molar-refractivity contribution in [3.05, 3.63) is 88.5 Å². The van der Waals surface area contributed by atoms with Gasteiger partial charge in [0.2, 0.25) is 5.91 Å². The monoisotopic (exact) mass is 475 g/mol. The molecule has 3 aromatic rings. The highest BCUT2D eigenvalue weighted by Crippen LogP contribution is 2.51. The molecule has 2 saturated heterocycles. The Morgan fingerprint density at radius 2 is 1.43 bits per heavy atom. The number of nitro groups is 1. The number of anilines is 2. The van der Waals surface area contributed by atoms with Gasteiger partial charge < -0.3 is 9.47 Å². The van der Waals surface area contributed by atoms with Gasteiger partial charge >= 0.3 is 0 Å². The highest BCUT2D eigenvalue weighted by atomic mass is 16.7. The predicted molar refractivity (Wildman–Crippen MR) is 125 cm³/mol. The molecule has 0 aliphatic carbocycles. The number of carbonyl (C=O) groups is 2. The second-order valence-electron chi connectivity index (χ2n) is 8.03. The fourth-order valence-electron chi connectivity index (χ4n) is 4.64. The maximum Gasteiger partial charge on any atom is 0.278 e. The van der Waals surface area contributed by atoms with Crippen LogP contribution in [0.15, 0.2) is 72.8 Å². The van der Waals surface area contributed by atoms with Crippen LogP contribution in [0.3, 0.4) is 0 Å². The molecule has 0 N–H and O–H groups in total. The first kappa shape index (κ1) is 22.4. The average molecular weight is 475 g/mol. The lowest BCUT2D eigenvalue weighted by Crippen LogP contribution is -2.37. The van der Waals surface area contributed by atoms with Gasteiger partial charge in [-0.15, -0.1) is 0 Å². The Labute approximate surface area is 200 Å². The van der Waals surface area contributed by atoms with E-state index in [1.54, 1.807) is 54.6 Å². The van der Waals surface area contributed by atoms with Crippen molar-refractivity contribution in [2.24, 2.45) is 5.92 Å². The number of hydrogen-bond acceptors (Lipinski definition) is 8. The molecule has 0 unspecified atom stereocenters. The number of methoxy groups -OCH3 is 2. The first-order chi connectivity index (χ1) is 17.0. The molecule has 0 aromatic heterocycles. The number of nitrogens with zero attached hydrogens (tertiary/aromatic N) is 3. The molecule has 0 bridgehead atoms. The van der Waals surface area contributed by atoms with Crippen LogP contribution in [0.4, 0.5) is 17.1 Å². The summed E-state index contributed by atoms with van der Waals surface area (Å²) in [7, 11) is 2.79. The van der Waals surface area contributed by atoms with Gasteiger partial charge in [0.1, 0.15) is 12.0 Å². The number of nitro benzene ring substituents is 1. The third kappa shape index (κ3) is 3.55. The van der Waals surface area contributed by atoms with E-state index >= 15 is 0 Å². The molecule has 2 fully saturated rings. The molecule has 3 atom stereocenters. The maximum absolute atomic E-state index is 13.7. The highest BCUT2D eigenvalue weighted by molar-refractivity contribution is 6.24. The molecule has 178 valence electrons. The minimum Gasteiger partial charge on any atom is -0.493 e. The molecule has 2 aliphatic rings. The summed E-state index contributed by atoms with van der Waals surface area (Å²) >= 11 is 0. The number of hydroxylamine groups is 1. The van der Waals surface area contributed by atoms with Gasteiger partial charge in [-0.3, -0.25) is 24.5 Å². The third-order valence-corrected chi connectivity index (χ3v) is 6.19. The van der Waals surface area contributed by atoms with Crippen molar-refractivity contribution in [2.75, 3.05) is 24.2 Å². The van der Waals surface area contributed by atoms with Gasteiger partial charge in [0, 0.05) is 0 Å². The molecule has 2 amide bonds. The lowest BCUT2D eigenvalue weighted by atomic mass is 9.89. The number of benzene rings is 3. The highest BCUT2D eigenvalue weighted by Gasteiger charge is 2.61. The normalized spacial score (nSPS) is 21.3. The Morgan fingerprint density at radius 3 is 2.00 bits per heavy atom. The molecule has 3 aromatic carbocycles. The Balaban J connectivity index is 1.69. The van der Waals surface area contributed by atoms with Crippen LogP contribution in [-0.4, -0.2) is 37.1 Å². The van der Waals surface area contributed by atoms with Crippen LogP contribution in [0.1, 0.15) is 11.6 Å². The van der Waals surface area contributed by atoms with E-state index < -0.39 is 34.8 Å². The molecular weight excluding hydrogens is 454 g/mol. The zero-order valence-electron chi connectivity index (χ0n) is 18.9. The Morgan fingerprint density at radius 1 is 0.857 bits per heavy atom. The van der Waals surface area contributed by atoms with Crippen LogP contribution in [0, 0.1) is 16.0 Å². The Bertz CT molecular complexity index is 1300. The summed E-state index contributed by atoms with van der Waals surface area (Å²) in [6.07, 6.45) is -1.15. The van der Waals surface area contributed by atoms with E-state index in [-0.39, 0.29) is 22.7 Å². The molecule has 2 aliphatic heterocycles. The van der Waals surface area contributed by atoms with Gasteiger partial charge in [0.15, 0.2) is 17.6 Å². The standard InChI is InChI=1S/C25H21N3O7/c1-33-19-13-17(18(28(31)32)14-20(19)34-2)22-21-23(35-27(22)16-11-7-4-8-12-16)25(30)26(24(21)29)15-9-5-3-6-10-15/h3-14,21-23H,1-2H3/t21-,22-,23-/m0/s1. The number of rotatable bonds is 6. The minimum atomic E-state index is -1.15. The van der Waals surface area contributed by atoms with E-state index in [4.69, 9.17) is 14.3 Å². The largest absolute Gasteiger partial charge is 0.493 e. The lowest BCUT2D eigenvalue weighted by Gasteiger charge is -2.28. The fraction of sp³-hybridized carbons (Fsp3) is 0.200. The summed E-state index contributed by atoms with van der Waals surface area (Å²) in [5, 5.41) is 13.5. The van der Waals surface area contributed by atoms with Crippen molar-refractivity contribution in [2.45, 2.75) is 12.1 Å². The Hall–Kier alpha value is -4.44. The average Bonchev–Trinajstić information content (AvgIpc) is 3.39. The van der Waals surface area contributed by atoms with Gasteiger partial charge in [-0.05, 0) is 30.3 Å². The minimum absolute atomic E-state index is 0.167. The van der Waals surface area contributed by atoms with E-state index in [0.29, 0.717) is 11.4 Å². The molecule has 0 saturated carbocycles. The number of fused-ring (bicyclic) bond motifs is 1. The molecule has 0 radical (unpaired) electrons. The van der Waals surface area contributed by atoms with Crippen molar-refractivity contribution in [3.63, 3.8) is 0 Å². The number of ether oxygens (including phenoxy) is 2. The van der Waals surface area contributed by atoms with Crippen LogP contribution in [0.5, 0.6) is 11.5 Å². The Kier molecular flexibility index (Phi) is 5.58. The van der Waals surface area contributed by atoms with E-state index in [2.05, 4.69) is 0 Å². The third-order valence-electron chi connectivity index (χ3n) is 6.19. The molecular formula is C25H21N3O7. The number of imide groups is 1. The van der Waals surface area contributed by atoms with Crippen LogP contribution in [0.25, 0.3) is 0 Å². The van der Waals surface area contributed by atoms with Crippen molar-refractivity contribution < 1.29 is 28.8 Å². The first-order valence-electron chi connectivity index (χ1n) is 10.8. The first-order valence-corrected chi connectivity index (χ1v) is 10.8. The number of para-hydroxylation sites is 2. The lowest BCUT2D eigenvalue weighted by molar-refractivity contribution is -0.385. The van der Waals surface area contributed by atoms with E-state index in [9.17, 15) is 19.7 Å². The summed E-state index contributed by atoms with van der Waals surface area (Å²) in [5.41, 5.74) is 0.839. The van der Waals surface area contributed by atoms with Crippen molar-refractivity contribution in [1.82, 2.24) is 0 Å². The summed E-state index contributed by atoms with van der Waals surface area (Å²) in [6, 6.07) is 19.1. The van der Waals surface area contributed by atoms with Crippen LogP contribution < -0.4 is 19.4 Å². The van der Waals surface area contributed by atoms with E-state index in [1.165, 1.54) is 31.4 Å². The van der Waals surface area contributed by atoms with E-state index in [1.807, 2.05) is 6.07 Å². The quantitative estimate of drug-likeness (QED) is 0.302. The predicted octanol–water partition coefficient (Wildman–Crippen LogP) is 3.66. The summed E-state index contributed by atoms with van der Waals surface area (Å²) in [5.74, 6) is -1.64. The number of carbonyl (C=O) groups excluding carboxylic acids is 2. The van der Waals surface area contributed by atoms with Gasteiger partial charge in [0.25, 0.3) is 11.6 Å². The van der Waals surface area contributed by atoms with Gasteiger partial charge in [-0.2, -0.15) is 0 Å². The SMILES string of the molecule is COc1cc([C@H]2[C@@H]3C(=O)N(c4ccccc4)C(=O)[C@H]3ON2c2ccccc2)c([N+](=O)[O-])cc1OC. The molecule has 35 heavy (non-hydrogen) atoms. The maximum atomic E-state index is 13.7. The smallest absolute Gasteiger partial charge is 0.278 e. The molecule has 2 heterocycles. The topological polar surface area (TPSA) is 111 Å². The van der Waals surface area contributed by atoms with Crippen LogP contribution in [0.2, 0.25) is 0 Å². The van der Waals surface area contributed by atoms with Gasteiger partial charge in [0.05, 0.1) is 42.1 Å². The fourth-order valence-corrected chi connectivity index (χ4v) is 4.64. The number of amides is 2. The van der Waals surface area contributed by atoms with Gasteiger partial charge in [-0.25, -0.2) is 9.96 Å². The van der Waals surface area contributed by atoms with Crippen molar-refractivity contribution in [3.8, 4) is 11.5 Å². The summed E-state index contributed by atoms with van der Waals surface area (Å²) in [6.45, 7) is 0. The van der Waals surface area contributed by atoms with Crippen LogP contribution in [-0.2, 0) is 14.4 Å².